The van der Waals surface area contributed by atoms with Crippen LogP contribution in [0.5, 0.6) is 0 Å². The van der Waals surface area contributed by atoms with E-state index in [1.165, 1.54) is 63.2 Å². The highest BCUT2D eigenvalue weighted by molar-refractivity contribution is 5.95. The summed E-state index contributed by atoms with van der Waals surface area (Å²) in [6.45, 7) is 17.6. The van der Waals surface area contributed by atoms with Gasteiger partial charge in [-0.05, 0) is 134 Å². The zero-order valence-corrected chi connectivity index (χ0v) is 55.4. The number of aromatic nitrogens is 6. The van der Waals surface area contributed by atoms with Crippen molar-refractivity contribution in [1.29, 1.82) is 0 Å². The molecule has 4 aliphatic rings. The first-order chi connectivity index (χ1) is 46.5. The average molecular weight is 1300 g/mol. The number of β-amino-alcohol motifs (C(OH)–C–C–N with tert-alkyl or cyclic N) is 4. The van der Waals surface area contributed by atoms with Crippen molar-refractivity contribution in [3.8, 4) is 0 Å². The van der Waals surface area contributed by atoms with Crippen molar-refractivity contribution in [3.05, 3.63) is 248 Å². The van der Waals surface area contributed by atoms with Crippen LogP contribution in [0.3, 0.4) is 0 Å². The smallest absolute Gasteiger partial charge is 0.270 e. The topological polar surface area (TPSA) is 288 Å². The molecule has 0 saturated heterocycles. The standard InChI is InChI=1S/2C19H23N3O2.2C18H22N4O2/c1-14-10-16(6-8-20-14)19(24)21-11-18(23)13-22-9-7-15-4-2-3-5-17(15)12-22;1-14-8-17(10-20-9-14)19(24)21-11-18(23)13-22-7-6-15-4-2-3-5-16(15)12-22;1-13-8-16(9-20-21-13)18(24)19-10-17(23)12-22-7-6-14-4-2-3-5-15(14)11-22;1-13-8-17(21-12-20-13)18(24)19-9-16(23)11-22-7-6-14-4-2-3-5-15(14)10-22/h2-6,8,10,18,23H,7,9,11-13H2,1H3,(H,21,24);2-5,8-10,18,23H,6-7,11-13H2,1H3,(H,21,24);2-5,8-9,17,23H,6-7,10-12H2,1H3,(H,19,24);2-5,8,12,16,23H,6-7,9-11H2,1H3,(H,19,24)/t2*18-;17-;16-/m0000/s1. The Bertz CT molecular complexity index is 3370. The molecule has 0 bridgehead atoms. The van der Waals surface area contributed by atoms with Gasteiger partial charge in [-0.2, -0.15) is 10.2 Å². The summed E-state index contributed by atoms with van der Waals surface area (Å²) < 4.78 is 0. The summed E-state index contributed by atoms with van der Waals surface area (Å²) in [6, 6.07) is 42.2. The van der Waals surface area contributed by atoms with Gasteiger partial charge in [0.05, 0.1) is 47.4 Å². The van der Waals surface area contributed by atoms with Gasteiger partial charge < -0.3 is 41.7 Å². The lowest BCUT2D eigenvalue weighted by molar-refractivity contribution is 0.0836. The van der Waals surface area contributed by atoms with Crippen LogP contribution in [0.2, 0.25) is 0 Å². The average Bonchev–Trinajstić information content (AvgIpc) is 1.08. The summed E-state index contributed by atoms with van der Waals surface area (Å²) in [4.78, 5) is 73.2. The second-order valence-electron chi connectivity index (χ2n) is 25.0. The molecule has 96 heavy (non-hydrogen) atoms. The molecule has 8 heterocycles. The van der Waals surface area contributed by atoms with Crippen molar-refractivity contribution >= 4 is 23.6 Å². The number of carbonyl (C=O) groups excluding carboxylic acids is 4. The van der Waals surface area contributed by atoms with Gasteiger partial charge in [-0.1, -0.05) is 97.1 Å². The minimum absolute atomic E-state index is 0.177. The Hall–Kier alpha value is -9.10. The van der Waals surface area contributed by atoms with Gasteiger partial charge in [-0.15, -0.1) is 0 Å². The summed E-state index contributed by atoms with van der Waals surface area (Å²) in [5.41, 5.74) is 15.9. The largest absolute Gasteiger partial charge is 0.390 e. The molecule has 0 fully saturated rings. The summed E-state index contributed by atoms with van der Waals surface area (Å²) in [5, 5.41) is 59.5. The number of benzene rings is 4. The van der Waals surface area contributed by atoms with Gasteiger partial charge in [0.25, 0.3) is 23.6 Å². The number of nitrogens with zero attached hydrogens (tertiary/aromatic N) is 10. The first kappa shape index (κ1) is 71.2. The molecule has 12 rings (SSSR count). The molecule has 4 aliphatic heterocycles. The van der Waals surface area contributed by atoms with Gasteiger partial charge in [-0.3, -0.25) is 48.7 Å². The molecule has 4 aromatic carbocycles. The van der Waals surface area contributed by atoms with Crippen molar-refractivity contribution < 1.29 is 39.6 Å². The number of hydrogen-bond acceptors (Lipinski definition) is 18. The van der Waals surface area contributed by atoms with Crippen molar-refractivity contribution in [2.24, 2.45) is 0 Å². The fraction of sp³-hybridized carbons (Fsp3) is 0.378. The number of carbonyl (C=O) groups is 4. The fourth-order valence-corrected chi connectivity index (χ4v) is 12.1. The second-order valence-corrected chi connectivity index (χ2v) is 25.0. The summed E-state index contributed by atoms with van der Waals surface area (Å²) in [5.74, 6) is -0.905. The van der Waals surface area contributed by atoms with Crippen LogP contribution in [0.15, 0.2) is 159 Å². The van der Waals surface area contributed by atoms with Crippen LogP contribution < -0.4 is 21.3 Å². The van der Waals surface area contributed by atoms with E-state index >= 15 is 0 Å². The molecule has 8 aromatic rings. The van der Waals surface area contributed by atoms with Gasteiger partial charge in [0, 0.05) is 140 Å². The monoisotopic (exact) mass is 1300 g/mol. The third kappa shape index (κ3) is 22.5. The lowest BCUT2D eigenvalue weighted by Crippen LogP contribution is -2.42. The zero-order valence-electron chi connectivity index (χ0n) is 55.4. The minimum Gasteiger partial charge on any atom is -0.390 e. The number of hydrogen-bond donors (Lipinski definition) is 8. The predicted molar refractivity (Wildman–Crippen MR) is 367 cm³/mol. The molecule has 22 nitrogen and oxygen atoms in total. The summed E-state index contributed by atoms with van der Waals surface area (Å²) in [7, 11) is 0. The maximum atomic E-state index is 12.1. The number of rotatable bonds is 20. The van der Waals surface area contributed by atoms with Crippen molar-refractivity contribution in [3.63, 3.8) is 0 Å². The molecule has 4 atom stereocenters. The van der Waals surface area contributed by atoms with Crippen molar-refractivity contribution in [2.45, 2.75) is 104 Å². The number of pyridine rings is 2. The minimum atomic E-state index is -0.609. The predicted octanol–water partition coefficient (Wildman–Crippen LogP) is 4.95. The Balaban J connectivity index is 0.000000150. The maximum absolute atomic E-state index is 12.1. The van der Waals surface area contributed by atoms with Gasteiger partial charge in [-0.25, -0.2) is 9.97 Å². The summed E-state index contributed by atoms with van der Waals surface area (Å²) >= 11 is 0. The molecular formula is C74H90N14O8. The Morgan fingerprint density at radius 3 is 1.16 bits per heavy atom. The number of aliphatic hydroxyl groups excluding tert-OH is 4. The van der Waals surface area contributed by atoms with Crippen LogP contribution in [-0.4, -0.2) is 197 Å². The van der Waals surface area contributed by atoms with E-state index < -0.39 is 24.4 Å². The first-order valence-corrected chi connectivity index (χ1v) is 32.9. The Morgan fingerprint density at radius 1 is 0.406 bits per heavy atom. The van der Waals surface area contributed by atoms with E-state index in [0.717, 1.165) is 95.0 Å². The number of amides is 4. The van der Waals surface area contributed by atoms with E-state index in [-0.39, 0.29) is 49.8 Å². The van der Waals surface area contributed by atoms with E-state index in [0.29, 0.717) is 54.3 Å². The van der Waals surface area contributed by atoms with Crippen molar-refractivity contribution in [2.75, 3.05) is 78.5 Å². The molecule has 504 valence electrons. The van der Waals surface area contributed by atoms with Crippen LogP contribution in [0.25, 0.3) is 0 Å². The van der Waals surface area contributed by atoms with Crippen LogP contribution in [0, 0.1) is 27.7 Å². The lowest BCUT2D eigenvalue weighted by Gasteiger charge is -2.30. The van der Waals surface area contributed by atoms with Gasteiger partial charge in [0.2, 0.25) is 0 Å². The van der Waals surface area contributed by atoms with Crippen LogP contribution in [0.1, 0.15) is 109 Å². The molecule has 0 radical (unpaired) electrons. The third-order valence-electron chi connectivity index (χ3n) is 17.1. The van der Waals surface area contributed by atoms with Crippen LogP contribution >= 0.6 is 0 Å². The first-order valence-electron chi connectivity index (χ1n) is 32.9. The zero-order chi connectivity index (χ0) is 67.8. The Morgan fingerprint density at radius 2 is 0.771 bits per heavy atom. The number of aliphatic hydroxyl groups is 4. The highest BCUT2D eigenvalue weighted by Gasteiger charge is 2.24. The summed E-state index contributed by atoms with van der Waals surface area (Å²) in [6.07, 6.45) is 9.28. The second kappa shape index (κ2) is 36.1. The molecule has 0 unspecified atom stereocenters. The van der Waals surface area contributed by atoms with E-state index in [1.54, 1.807) is 49.6 Å². The molecule has 0 spiro atoms. The molecule has 8 N–H and O–H groups in total. The highest BCUT2D eigenvalue weighted by Crippen LogP contribution is 2.22. The van der Waals surface area contributed by atoms with E-state index in [2.05, 4.69) is 156 Å². The SMILES string of the molecule is Cc1cc(C(=O)NC[C@H](O)CN2CCc3ccccc3C2)ccn1.Cc1cc(C(=O)NC[C@H](O)CN2CCc3ccccc3C2)cnn1.Cc1cc(C(=O)NC[C@H](O)CN2CCc3ccccc3C2)ncn1.Cc1cncc(C(=O)NC[C@H](O)CN2CCc3ccccc3C2)c1. The molecule has 22 heteroatoms. The molecular weight excluding hydrogens is 1210 g/mol. The molecule has 4 aromatic heterocycles. The normalized spacial score (nSPS) is 15.6. The Labute approximate surface area is 562 Å². The Kier molecular flexibility index (Phi) is 26.8. The maximum Gasteiger partial charge on any atom is 0.270 e. The van der Waals surface area contributed by atoms with Gasteiger partial charge in [0.15, 0.2) is 0 Å². The van der Waals surface area contributed by atoms with Crippen LogP contribution in [-0.2, 0) is 51.9 Å². The number of nitrogens with one attached hydrogen (secondary N) is 4. The fourth-order valence-electron chi connectivity index (χ4n) is 12.1. The van der Waals surface area contributed by atoms with Crippen LogP contribution in [0.4, 0.5) is 0 Å². The van der Waals surface area contributed by atoms with E-state index in [4.69, 9.17) is 0 Å². The quantitative estimate of drug-likeness (QED) is 0.0501. The number of fused-ring (bicyclic) bond motifs is 4. The number of aryl methyl sites for hydroxylation is 4. The highest BCUT2D eigenvalue weighted by atomic mass is 16.3. The third-order valence-corrected chi connectivity index (χ3v) is 17.1. The van der Waals surface area contributed by atoms with E-state index in [9.17, 15) is 39.6 Å². The molecule has 4 amide bonds. The van der Waals surface area contributed by atoms with Gasteiger partial charge in [0.1, 0.15) is 12.0 Å². The molecule has 0 saturated carbocycles. The van der Waals surface area contributed by atoms with Gasteiger partial charge >= 0.3 is 0 Å². The van der Waals surface area contributed by atoms with E-state index in [1.807, 2.05) is 32.9 Å². The van der Waals surface area contributed by atoms with Crippen molar-refractivity contribution in [1.82, 2.24) is 71.0 Å². The molecule has 0 aliphatic carbocycles. The lowest BCUT2D eigenvalue weighted by atomic mass is 10.00.